The van der Waals surface area contributed by atoms with Crippen LogP contribution >= 0.6 is 11.8 Å². The van der Waals surface area contributed by atoms with E-state index in [0.717, 1.165) is 5.65 Å². The van der Waals surface area contributed by atoms with Crippen molar-refractivity contribution in [3.63, 3.8) is 0 Å². The lowest BCUT2D eigenvalue weighted by Gasteiger charge is -2.18. The zero-order valence-electron chi connectivity index (χ0n) is 9.52. The molecule has 0 spiro atoms. The lowest BCUT2D eigenvalue weighted by Crippen LogP contribution is -2.07. The molecule has 1 aliphatic heterocycles. The number of thioether (sulfide) groups is 1. The minimum absolute atomic E-state index is 0.682. The summed E-state index contributed by atoms with van der Waals surface area (Å²) in [5.74, 6) is 3.26. The van der Waals surface area contributed by atoms with Crippen LogP contribution in [0.5, 0.6) is 0 Å². The minimum atomic E-state index is 0.682. The van der Waals surface area contributed by atoms with Crippen LogP contribution in [0.2, 0.25) is 0 Å². The van der Waals surface area contributed by atoms with Gasteiger partial charge in [-0.15, -0.1) is 0 Å². The average molecular weight is 232 g/mol. The third-order valence-electron chi connectivity index (χ3n) is 3.27. The van der Waals surface area contributed by atoms with E-state index in [0.29, 0.717) is 5.92 Å². The van der Waals surface area contributed by atoms with E-state index in [4.69, 9.17) is 4.98 Å². The van der Waals surface area contributed by atoms with Gasteiger partial charge in [0.05, 0.1) is 5.69 Å². The molecule has 3 heteroatoms. The van der Waals surface area contributed by atoms with Gasteiger partial charge in [0.15, 0.2) is 0 Å². The Morgan fingerprint density at radius 1 is 1.38 bits per heavy atom. The zero-order valence-corrected chi connectivity index (χ0v) is 10.3. The summed E-state index contributed by atoms with van der Waals surface area (Å²) in [6.07, 6.45) is 6.88. The van der Waals surface area contributed by atoms with Crippen molar-refractivity contribution in [2.24, 2.45) is 0 Å². The van der Waals surface area contributed by atoms with E-state index in [-0.39, 0.29) is 0 Å². The molecule has 3 heterocycles. The maximum absolute atomic E-state index is 4.75. The van der Waals surface area contributed by atoms with Gasteiger partial charge in [-0.05, 0) is 49.0 Å². The van der Waals surface area contributed by atoms with Crippen LogP contribution in [0, 0.1) is 6.92 Å². The number of hydrogen-bond acceptors (Lipinski definition) is 2. The third kappa shape index (κ3) is 1.84. The molecule has 1 saturated heterocycles. The standard InChI is InChI=1S/C13H16N2S/c1-10-2-5-15-9-12(14-13(15)8-10)11-3-6-16-7-4-11/h2,5,8-9,11H,3-4,6-7H2,1H3. The number of pyridine rings is 1. The summed E-state index contributed by atoms with van der Waals surface area (Å²) in [6.45, 7) is 2.12. The Hall–Kier alpha value is -0.960. The normalized spacial score (nSPS) is 18.1. The Morgan fingerprint density at radius 3 is 3.00 bits per heavy atom. The topological polar surface area (TPSA) is 17.3 Å². The molecule has 2 aromatic rings. The van der Waals surface area contributed by atoms with Gasteiger partial charge in [0, 0.05) is 18.3 Å². The predicted molar refractivity (Wildman–Crippen MR) is 69.2 cm³/mol. The maximum atomic E-state index is 4.75. The summed E-state index contributed by atoms with van der Waals surface area (Å²) in [5.41, 5.74) is 3.66. The number of aryl methyl sites for hydroxylation is 1. The van der Waals surface area contributed by atoms with Gasteiger partial charge in [-0.25, -0.2) is 4.98 Å². The number of nitrogens with zero attached hydrogens (tertiary/aromatic N) is 2. The molecule has 2 nitrogen and oxygen atoms in total. The van der Waals surface area contributed by atoms with Crippen LogP contribution in [0.15, 0.2) is 24.5 Å². The third-order valence-corrected chi connectivity index (χ3v) is 4.32. The lowest BCUT2D eigenvalue weighted by atomic mass is 10.00. The second-order valence-electron chi connectivity index (χ2n) is 4.52. The molecule has 0 radical (unpaired) electrons. The number of aromatic nitrogens is 2. The highest BCUT2D eigenvalue weighted by Gasteiger charge is 2.18. The van der Waals surface area contributed by atoms with E-state index in [1.165, 1.54) is 35.6 Å². The Bertz CT molecular complexity index is 498. The van der Waals surface area contributed by atoms with Gasteiger partial charge in [0.25, 0.3) is 0 Å². The molecule has 0 amide bonds. The zero-order chi connectivity index (χ0) is 11.0. The quantitative estimate of drug-likeness (QED) is 0.751. The van der Waals surface area contributed by atoms with Gasteiger partial charge >= 0.3 is 0 Å². The van der Waals surface area contributed by atoms with Crippen molar-refractivity contribution in [2.75, 3.05) is 11.5 Å². The van der Waals surface area contributed by atoms with E-state index in [2.05, 4.69) is 47.6 Å². The fourth-order valence-electron chi connectivity index (χ4n) is 2.29. The molecule has 2 aromatic heterocycles. The molecule has 0 N–H and O–H groups in total. The Labute approximate surface area is 100 Å². The first-order valence-corrected chi connectivity index (χ1v) is 7.01. The summed E-state index contributed by atoms with van der Waals surface area (Å²) in [6, 6.07) is 4.29. The summed E-state index contributed by atoms with van der Waals surface area (Å²) in [4.78, 5) is 4.75. The van der Waals surface area contributed by atoms with Crippen LogP contribution in [-0.2, 0) is 0 Å². The molecule has 1 aliphatic rings. The van der Waals surface area contributed by atoms with Crippen molar-refractivity contribution in [3.05, 3.63) is 35.8 Å². The molecule has 0 atom stereocenters. The fourth-order valence-corrected chi connectivity index (χ4v) is 3.40. The smallest absolute Gasteiger partial charge is 0.137 e. The molecule has 3 rings (SSSR count). The van der Waals surface area contributed by atoms with Crippen molar-refractivity contribution in [1.82, 2.24) is 9.38 Å². The van der Waals surface area contributed by atoms with Crippen LogP contribution in [0.4, 0.5) is 0 Å². The van der Waals surface area contributed by atoms with Crippen LogP contribution in [0.25, 0.3) is 5.65 Å². The monoisotopic (exact) mass is 232 g/mol. The summed E-state index contributed by atoms with van der Waals surface area (Å²) < 4.78 is 2.14. The van der Waals surface area contributed by atoms with Crippen molar-refractivity contribution in [2.45, 2.75) is 25.7 Å². The summed E-state index contributed by atoms with van der Waals surface area (Å²) in [5, 5.41) is 0. The van der Waals surface area contributed by atoms with Crippen molar-refractivity contribution >= 4 is 17.4 Å². The molecule has 0 unspecified atom stereocenters. The molecular weight excluding hydrogens is 216 g/mol. The van der Waals surface area contributed by atoms with Gasteiger partial charge in [0.1, 0.15) is 5.65 Å². The molecule has 1 fully saturated rings. The highest BCUT2D eigenvalue weighted by molar-refractivity contribution is 7.99. The van der Waals surface area contributed by atoms with Gasteiger partial charge in [0.2, 0.25) is 0 Å². The molecule has 0 saturated carbocycles. The lowest BCUT2D eigenvalue weighted by molar-refractivity contribution is 0.623. The molecule has 0 bridgehead atoms. The second kappa shape index (κ2) is 4.13. The number of imidazole rings is 1. The first-order chi connectivity index (χ1) is 7.83. The number of hydrogen-bond donors (Lipinski definition) is 0. The van der Waals surface area contributed by atoms with E-state index >= 15 is 0 Å². The highest BCUT2D eigenvalue weighted by Crippen LogP contribution is 2.30. The van der Waals surface area contributed by atoms with E-state index in [1.807, 2.05) is 0 Å². The summed E-state index contributed by atoms with van der Waals surface area (Å²) in [7, 11) is 0. The van der Waals surface area contributed by atoms with Gasteiger partial charge in [-0.3, -0.25) is 0 Å². The SMILES string of the molecule is Cc1ccn2cc(C3CCSCC3)nc2c1. The Morgan fingerprint density at radius 2 is 2.19 bits per heavy atom. The van der Waals surface area contributed by atoms with Crippen LogP contribution in [-0.4, -0.2) is 20.9 Å². The molecule has 0 aliphatic carbocycles. The van der Waals surface area contributed by atoms with E-state index in [9.17, 15) is 0 Å². The molecule has 84 valence electrons. The van der Waals surface area contributed by atoms with Crippen molar-refractivity contribution in [1.29, 1.82) is 0 Å². The van der Waals surface area contributed by atoms with Crippen molar-refractivity contribution < 1.29 is 0 Å². The van der Waals surface area contributed by atoms with Crippen LogP contribution < -0.4 is 0 Å². The molecular formula is C13H16N2S. The first kappa shape index (κ1) is 10.2. The number of rotatable bonds is 1. The van der Waals surface area contributed by atoms with E-state index < -0.39 is 0 Å². The molecule has 0 aromatic carbocycles. The highest BCUT2D eigenvalue weighted by atomic mass is 32.2. The second-order valence-corrected chi connectivity index (χ2v) is 5.75. The first-order valence-electron chi connectivity index (χ1n) is 5.86. The largest absolute Gasteiger partial charge is 0.307 e. The summed E-state index contributed by atoms with van der Waals surface area (Å²) >= 11 is 2.07. The van der Waals surface area contributed by atoms with Crippen LogP contribution in [0.1, 0.15) is 30.0 Å². The number of fused-ring (bicyclic) bond motifs is 1. The minimum Gasteiger partial charge on any atom is -0.307 e. The van der Waals surface area contributed by atoms with Gasteiger partial charge in [-0.1, -0.05) is 0 Å². The van der Waals surface area contributed by atoms with Gasteiger partial charge < -0.3 is 4.40 Å². The van der Waals surface area contributed by atoms with E-state index in [1.54, 1.807) is 0 Å². The van der Waals surface area contributed by atoms with Crippen molar-refractivity contribution in [3.8, 4) is 0 Å². The average Bonchev–Trinajstić information content (AvgIpc) is 2.73. The predicted octanol–water partition coefficient (Wildman–Crippen LogP) is 3.25. The Kier molecular flexibility index (Phi) is 2.64. The van der Waals surface area contributed by atoms with Crippen LogP contribution in [0.3, 0.4) is 0 Å². The Balaban J connectivity index is 1.97. The fraction of sp³-hybridized carbons (Fsp3) is 0.462. The maximum Gasteiger partial charge on any atom is 0.137 e. The van der Waals surface area contributed by atoms with Gasteiger partial charge in [-0.2, -0.15) is 11.8 Å². The molecule has 16 heavy (non-hydrogen) atoms.